The maximum atomic E-state index is 8.78. The zero-order valence-corrected chi connectivity index (χ0v) is 10.7. The summed E-state index contributed by atoms with van der Waals surface area (Å²) in [4.78, 5) is 0. The van der Waals surface area contributed by atoms with Gasteiger partial charge in [0.05, 0.1) is 13.2 Å². The average molecular weight is 266 g/mol. The SMILES string of the molecule is OCCc1ccc(COCc2ccc(CCO)o2)o1. The highest BCUT2D eigenvalue weighted by atomic mass is 16.5. The van der Waals surface area contributed by atoms with Crippen molar-refractivity contribution in [1.29, 1.82) is 0 Å². The van der Waals surface area contributed by atoms with Crippen LogP contribution in [0, 0.1) is 0 Å². The van der Waals surface area contributed by atoms with Crippen LogP contribution in [-0.2, 0) is 30.8 Å². The molecule has 0 spiro atoms. The van der Waals surface area contributed by atoms with Crippen LogP contribution >= 0.6 is 0 Å². The Morgan fingerprint density at radius 1 is 0.737 bits per heavy atom. The predicted octanol–water partition coefficient (Wildman–Crippen LogP) is 1.66. The Kier molecular flexibility index (Phi) is 5.20. The molecule has 2 heterocycles. The maximum absolute atomic E-state index is 8.78. The van der Waals surface area contributed by atoms with Crippen molar-refractivity contribution in [2.75, 3.05) is 13.2 Å². The van der Waals surface area contributed by atoms with Crippen molar-refractivity contribution < 1.29 is 23.8 Å². The zero-order chi connectivity index (χ0) is 13.5. The molecule has 0 atom stereocenters. The molecule has 0 unspecified atom stereocenters. The number of rotatable bonds is 8. The molecule has 0 amide bonds. The zero-order valence-electron chi connectivity index (χ0n) is 10.7. The topological polar surface area (TPSA) is 76.0 Å². The smallest absolute Gasteiger partial charge is 0.129 e. The molecule has 0 aliphatic rings. The van der Waals surface area contributed by atoms with E-state index in [1.165, 1.54) is 0 Å². The van der Waals surface area contributed by atoms with Crippen LogP contribution in [0.15, 0.2) is 33.1 Å². The number of aliphatic hydroxyl groups is 2. The molecule has 0 aliphatic carbocycles. The first-order valence-corrected chi connectivity index (χ1v) is 6.26. The van der Waals surface area contributed by atoms with Gasteiger partial charge in [-0.05, 0) is 24.3 Å². The van der Waals surface area contributed by atoms with Gasteiger partial charge in [0.15, 0.2) is 0 Å². The second kappa shape index (κ2) is 7.13. The fourth-order valence-electron chi connectivity index (χ4n) is 1.74. The van der Waals surface area contributed by atoms with Gasteiger partial charge in [0.25, 0.3) is 0 Å². The largest absolute Gasteiger partial charge is 0.464 e. The van der Waals surface area contributed by atoms with Crippen LogP contribution in [0.1, 0.15) is 23.0 Å². The fourth-order valence-corrected chi connectivity index (χ4v) is 1.74. The van der Waals surface area contributed by atoms with E-state index in [0.717, 1.165) is 23.0 Å². The summed E-state index contributed by atoms with van der Waals surface area (Å²) in [6, 6.07) is 7.34. The Labute approximate surface area is 111 Å². The second-order valence-corrected chi connectivity index (χ2v) is 4.18. The summed E-state index contributed by atoms with van der Waals surface area (Å²) in [7, 11) is 0. The Morgan fingerprint density at radius 3 is 1.58 bits per heavy atom. The molecule has 19 heavy (non-hydrogen) atoms. The van der Waals surface area contributed by atoms with Crippen molar-refractivity contribution in [1.82, 2.24) is 0 Å². The van der Waals surface area contributed by atoms with Crippen LogP contribution < -0.4 is 0 Å². The summed E-state index contributed by atoms with van der Waals surface area (Å²) in [5, 5.41) is 17.6. The first kappa shape index (κ1) is 13.9. The number of aliphatic hydroxyl groups excluding tert-OH is 2. The van der Waals surface area contributed by atoms with Gasteiger partial charge >= 0.3 is 0 Å². The van der Waals surface area contributed by atoms with Crippen molar-refractivity contribution in [2.45, 2.75) is 26.1 Å². The molecule has 0 saturated heterocycles. The van der Waals surface area contributed by atoms with Gasteiger partial charge in [-0.25, -0.2) is 0 Å². The van der Waals surface area contributed by atoms with Crippen LogP contribution in [0.5, 0.6) is 0 Å². The summed E-state index contributed by atoms with van der Waals surface area (Å²) in [5.74, 6) is 2.96. The van der Waals surface area contributed by atoms with Crippen LogP contribution in [0.2, 0.25) is 0 Å². The molecule has 0 aromatic carbocycles. The lowest BCUT2D eigenvalue weighted by Crippen LogP contribution is -1.92. The third-order valence-corrected chi connectivity index (χ3v) is 2.64. The summed E-state index contributed by atoms with van der Waals surface area (Å²) in [6.45, 7) is 0.880. The van der Waals surface area contributed by atoms with Crippen molar-refractivity contribution >= 4 is 0 Å². The Balaban J connectivity index is 1.75. The average Bonchev–Trinajstić information content (AvgIpc) is 3.01. The molecule has 0 aliphatic heterocycles. The Bertz CT molecular complexity index is 441. The van der Waals surface area contributed by atoms with Crippen molar-refractivity contribution in [3.8, 4) is 0 Å². The molecule has 104 valence electrons. The predicted molar refractivity (Wildman–Crippen MR) is 67.5 cm³/mol. The first-order valence-electron chi connectivity index (χ1n) is 6.26. The van der Waals surface area contributed by atoms with E-state index in [0.29, 0.717) is 26.1 Å². The number of hydrogen-bond donors (Lipinski definition) is 2. The molecule has 5 nitrogen and oxygen atoms in total. The third-order valence-electron chi connectivity index (χ3n) is 2.64. The standard InChI is InChI=1S/C14H18O5/c15-7-5-11-1-3-13(18-11)9-17-10-14-4-2-12(19-14)6-8-16/h1-4,15-16H,5-10H2. The van der Waals surface area contributed by atoms with E-state index in [1.807, 2.05) is 24.3 Å². The van der Waals surface area contributed by atoms with E-state index >= 15 is 0 Å². The Hall–Kier alpha value is -1.56. The summed E-state index contributed by atoms with van der Waals surface area (Å²) in [5.41, 5.74) is 0. The van der Waals surface area contributed by atoms with Gasteiger partial charge in [0.2, 0.25) is 0 Å². The van der Waals surface area contributed by atoms with Gasteiger partial charge in [-0.3, -0.25) is 0 Å². The lowest BCUT2D eigenvalue weighted by Gasteiger charge is -2.00. The maximum Gasteiger partial charge on any atom is 0.129 e. The molecule has 2 aromatic rings. The quantitative estimate of drug-likeness (QED) is 0.760. The highest BCUT2D eigenvalue weighted by Gasteiger charge is 2.04. The molecule has 0 saturated carbocycles. The van der Waals surface area contributed by atoms with Gasteiger partial charge in [-0.1, -0.05) is 0 Å². The number of furan rings is 2. The number of hydrogen-bond acceptors (Lipinski definition) is 5. The summed E-state index contributed by atoms with van der Waals surface area (Å²) in [6.07, 6.45) is 1.03. The van der Waals surface area contributed by atoms with Crippen molar-refractivity contribution in [3.63, 3.8) is 0 Å². The minimum atomic E-state index is 0.0772. The fraction of sp³-hybridized carbons (Fsp3) is 0.429. The highest BCUT2D eigenvalue weighted by molar-refractivity contribution is 5.08. The monoisotopic (exact) mass is 266 g/mol. The van der Waals surface area contributed by atoms with Gasteiger partial charge in [-0.15, -0.1) is 0 Å². The van der Waals surface area contributed by atoms with E-state index in [2.05, 4.69) is 0 Å². The van der Waals surface area contributed by atoms with Crippen LogP contribution in [-0.4, -0.2) is 23.4 Å². The summed E-state index contributed by atoms with van der Waals surface area (Å²) >= 11 is 0. The van der Waals surface area contributed by atoms with E-state index in [9.17, 15) is 0 Å². The van der Waals surface area contributed by atoms with E-state index in [4.69, 9.17) is 23.8 Å². The molecule has 0 radical (unpaired) electrons. The minimum Gasteiger partial charge on any atom is -0.464 e. The summed E-state index contributed by atoms with van der Waals surface area (Å²) < 4.78 is 16.4. The third kappa shape index (κ3) is 4.24. The second-order valence-electron chi connectivity index (χ2n) is 4.18. The molecule has 0 fully saturated rings. The van der Waals surface area contributed by atoms with E-state index in [-0.39, 0.29) is 13.2 Å². The van der Waals surface area contributed by atoms with Gasteiger partial charge in [0.1, 0.15) is 36.3 Å². The minimum absolute atomic E-state index is 0.0772. The lowest BCUT2D eigenvalue weighted by atomic mass is 10.3. The van der Waals surface area contributed by atoms with E-state index in [1.54, 1.807) is 0 Å². The molecule has 2 rings (SSSR count). The number of ether oxygens (including phenoxy) is 1. The van der Waals surface area contributed by atoms with Gasteiger partial charge in [0, 0.05) is 12.8 Å². The van der Waals surface area contributed by atoms with E-state index < -0.39 is 0 Å². The van der Waals surface area contributed by atoms with Gasteiger partial charge < -0.3 is 23.8 Å². The molecule has 0 bridgehead atoms. The van der Waals surface area contributed by atoms with Crippen molar-refractivity contribution in [3.05, 3.63) is 47.3 Å². The van der Waals surface area contributed by atoms with Gasteiger partial charge in [-0.2, -0.15) is 0 Å². The van der Waals surface area contributed by atoms with Crippen LogP contribution in [0.4, 0.5) is 0 Å². The molecular weight excluding hydrogens is 248 g/mol. The molecule has 5 heteroatoms. The Morgan fingerprint density at radius 2 is 1.16 bits per heavy atom. The van der Waals surface area contributed by atoms with Crippen molar-refractivity contribution in [2.24, 2.45) is 0 Å². The molecule has 2 N–H and O–H groups in total. The lowest BCUT2D eigenvalue weighted by molar-refractivity contribution is 0.0785. The normalized spacial score (nSPS) is 11.1. The van der Waals surface area contributed by atoms with Crippen LogP contribution in [0.25, 0.3) is 0 Å². The highest BCUT2D eigenvalue weighted by Crippen LogP contribution is 2.13. The van der Waals surface area contributed by atoms with Crippen LogP contribution in [0.3, 0.4) is 0 Å². The molecular formula is C14H18O5. The first-order chi connectivity index (χ1) is 9.31. The molecule has 2 aromatic heterocycles.